The molecule has 1 N–H and O–H groups in total. The Morgan fingerprint density at radius 1 is 1.40 bits per heavy atom. The summed E-state index contributed by atoms with van der Waals surface area (Å²) in [6, 6.07) is 8.77. The van der Waals surface area contributed by atoms with Crippen molar-refractivity contribution < 1.29 is 4.74 Å². The van der Waals surface area contributed by atoms with Crippen LogP contribution in [-0.2, 0) is 4.74 Å². The summed E-state index contributed by atoms with van der Waals surface area (Å²) in [6.45, 7) is 6.18. The molecule has 1 saturated heterocycles. The lowest BCUT2D eigenvalue weighted by molar-refractivity contribution is -0.0117. The van der Waals surface area contributed by atoms with Gasteiger partial charge in [-0.05, 0) is 43.3 Å². The number of rotatable bonds is 4. The van der Waals surface area contributed by atoms with Crippen molar-refractivity contribution in [2.24, 2.45) is 0 Å². The first kappa shape index (κ1) is 13.5. The molecular weight excluding hydrogens is 248 g/mol. The van der Waals surface area contributed by atoms with E-state index in [9.17, 15) is 0 Å². The molecule has 0 bridgehead atoms. The highest BCUT2D eigenvalue weighted by Crippen LogP contribution is 2.39. The van der Waals surface area contributed by atoms with Crippen LogP contribution >= 0.6 is 0 Å². The molecule has 2 atom stereocenters. The van der Waals surface area contributed by atoms with Gasteiger partial charge in [0.25, 0.3) is 0 Å². The third-order valence-corrected chi connectivity index (χ3v) is 4.29. The summed E-state index contributed by atoms with van der Waals surface area (Å²) in [4.78, 5) is 4.22. The first-order chi connectivity index (χ1) is 9.74. The van der Waals surface area contributed by atoms with Gasteiger partial charge in [0.1, 0.15) is 0 Å². The quantitative estimate of drug-likeness (QED) is 0.924. The summed E-state index contributed by atoms with van der Waals surface area (Å²) in [5, 5.41) is 6.09. The van der Waals surface area contributed by atoms with E-state index in [0.717, 1.165) is 26.0 Å². The van der Waals surface area contributed by atoms with E-state index in [2.05, 4.69) is 48.4 Å². The molecule has 3 nitrogen and oxygen atoms in total. The Morgan fingerprint density at radius 3 is 3.05 bits per heavy atom. The number of hydrogen-bond acceptors (Lipinski definition) is 3. The molecule has 1 aliphatic heterocycles. The fourth-order valence-corrected chi connectivity index (χ4v) is 3.29. The smallest absolute Gasteiger partial charge is 0.0849 e. The van der Waals surface area contributed by atoms with Crippen molar-refractivity contribution in [2.75, 3.05) is 13.2 Å². The molecule has 0 saturated carbocycles. The van der Waals surface area contributed by atoms with Gasteiger partial charge in [0.2, 0.25) is 0 Å². The standard InChI is InChI=1S/C17H22N2O/c1-3-19-16(17(2)9-5-11-20-17)15-7-4-6-13-12-18-10-8-14(13)15/h4,6-8,10,12,16,19H,3,5,9,11H2,1-2H3. The largest absolute Gasteiger partial charge is 0.373 e. The SMILES string of the molecule is CCNC(c1cccc2cnccc12)C1(C)CCCO1. The van der Waals surface area contributed by atoms with E-state index in [-0.39, 0.29) is 11.6 Å². The number of hydrogen-bond donors (Lipinski definition) is 1. The molecule has 0 aliphatic carbocycles. The Balaban J connectivity index is 2.09. The first-order valence-corrected chi connectivity index (χ1v) is 7.44. The van der Waals surface area contributed by atoms with E-state index >= 15 is 0 Å². The van der Waals surface area contributed by atoms with Crippen molar-refractivity contribution in [3.05, 3.63) is 42.2 Å². The monoisotopic (exact) mass is 270 g/mol. The second-order valence-electron chi connectivity index (χ2n) is 5.70. The van der Waals surface area contributed by atoms with Crippen LogP contribution in [0.4, 0.5) is 0 Å². The van der Waals surface area contributed by atoms with Crippen LogP contribution in [0.5, 0.6) is 0 Å². The van der Waals surface area contributed by atoms with Crippen LogP contribution in [0.15, 0.2) is 36.7 Å². The Morgan fingerprint density at radius 2 is 2.30 bits per heavy atom. The van der Waals surface area contributed by atoms with Crippen LogP contribution in [-0.4, -0.2) is 23.7 Å². The number of fused-ring (bicyclic) bond motifs is 1. The van der Waals surface area contributed by atoms with Gasteiger partial charge in [0.05, 0.1) is 11.6 Å². The van der Waals surface area contributed by atoms with Gasteiger partial charge >= 0.3 is 0 Å². The van der Waals surface area contributed by atoms with Crippen molar-refractivity contribution in [2.45, 2.75) is 38.3 Å². The Kier molecular flexibility index (Phi) is 3.72. The van der Waals surface area contributed by atoms with Crippen LogP contribution in [0.2, 0.25) is 0 Å². The number of nitrogens with one attached hydrogen (secondary N) is 1. The number of nitrogens with zero attached hydrogens (tertiary/aromatic N) is 1. The lowest BCUT2D eigenvalue weighted by Gasteiger charge is -2.35. The van der Waals surface area contributed by atoms with Gasteiger partial charge in [-0.2, -0.15) is 0 Å². The van der Waals surface area contributed by atoms with Crippen molar-refractivity contribution >= 4 is 10.8 Å². The zero-order valence-corrected chi connectivity index (χ0v) is 12.2. The number of aromatic nitrogens is 1. The number of benzene rings is 1. The summed E-state index contributed by atoms with van der Waals surface area (Å²) in [5.41, 5.74) is 1.20. The summed E-state index contributed by atoms with van der Waals surface area (Å²) in [7, 11) is 0. The fourth-order valence-electron chi connectivity index (χ4n) is 3.29. The molecule has 2 heterocycles. The topological polar surface area (TPSA) is 34.2 Å². The van der Waals surface area contributed by atoms with E-state index in [4.69, 9.17) is 4.74 Å². The Labute approximate surface area is 120 Å². The van der Waals surface area contributed by atoms with Crippen molar-refractivity contribution in [3.8, 4) is 0 Å². The van der Waals surface area contributed by atoms with Crippen LogP contribution in [0.25, 0.3) is 10.8 Å². The molecule has 0 spiro atoms. The van der Waals surface area contributed by atoms with Crippen LogP contribution in [0.1, 0.15) is 38.3 Å². The maximum atomic E-state index is 6.08. The third-order valence-electron chi connectivity index (χ3n) is 4.29. The first-order valence-electron chi connectivity index (χ1n) is 7.44. The minimum absolute atomic E-state index is 0.117. The zero-order chi connectivity index (χ0) is 14.0. The molecule has 3 heteroatoms. The molecular formula is C17H22N2O. The maximum absolute atomic E-state index is 6.08. The average molecular weight is 270 g/mol. The second-order valence-corrected chi connectivity index (χ2v) is 5.70. The normalized spacial score (nSPS) is 24.1. The zero-order valence-electron chi connectivity index (χ0n) is 12.2. The van der Waals surface area contributed by atoms with Crippen molar-refractivity contribution in [1.29, 1.82) is 0 Å². The number of ether oxygens (including phenoxy) is 1. The lowest BCUT2D eigenvalue weighted by Crippen LogP contribution is -2.41. The number of likely N-dealkylation sites (N-methyl/N-ethyl adjacent to an activating group) is 1. The van der Waals surface area contributed by atoms with E-state index in [0.29, 0.717) is 0 Å². The van der Waals surface area contributed by atoms with Crippen molar-refractivity contribution in [3.63, 3.8) is 0 Å². The molecule has 1 aromatic heterocycles. The Bertz CT molecular complexity index is 585. The van der Waals surface area contributed by atoms with E-state index in [1.54, 1.807) is 0 Å². The summed E-state index contributed by atoms with van der Waals surface area (Å²) in [5.74, 6) is 0. The van der Waals surface area contributed by atoms with Gasteiger partial charge in [0, 0.05) is 24.4 Å². The highest BCUT2D eigenvalue weighted by molar-refractivity contribution is 5.85. The minimum Gasteiger partial charge on any atom is -0.373 e. The summed E-state index contributed by atoms with van der Waals surface area (Å²) < 4.78 is 6.08. The van der Waals surface area contributed by atoms with Gasteiger partial charge in [-0.15, -0.1) is 0 Å². The van der Waals surface area contributed by atoms with Crippen LogP contribution in [0, 0.1) is 0 Å². The van der Waals surface area contributed by atoms with Gasteiger partial charge in [-0.3, -0.25) is 4.98 Å². The predicted octanol–water partition coefficient (Wildman–Crippen LogP) is 3.45. The molecule has 106 valence electrons. The van der Waals surface area contributed by atoms with Gasteiger partial charge < -0.3 is 10.1 Å². The molecule has 1 aliphatic rings. The molecule has 2 aromatic rings. The maximum Gasteiger partial charge on any atom is 0.0849 e. The van der Waals surface area contributed by atoms with E-state index < -0.39 is 0 Å². The average Bonchev–Trinajstić information content (AvgIpc) is 2.92. The predicted molar refractivity (Wildman–Crippen MR) is 81.8 cm³/mol. The highest BCUT2D eigenvalue weighted by atomic mass is 16.5. The minimum atomic E-state index is -0.117. The number of pyridine rings is 1. The second kappa shape index (κ2) is 5.51. The van der Waals surface area contributed by atoms with Crippen molar-refractivity contribution in [1.82, 2.24) is 10.3 Å². The fraction of sp³-hybridized carbons (Fsp3) is 0.471. The van der Waals surface area contributed by atoms with E-state index in [1.165, 1.54) is 16.3 Å². The molecule has 3 rings (SSSR count). The molecule has 20 heavy (non-hydrogen) atoms. The Hall–Kier alpha value is -1.45. The summed E-state index contributed by atoms with van der Waals surface area (Å²) in [6.07, 6.45) is 6.04. The molecule has 0 radical (unpaired) electrons. The molecule has 0 amide bonds. The van der Waals surface area contributed by atoms with Gasteiger partial charge in [-0.1, -0.05) is 25.1 Å². The van der Waals surface area contributed by atoms with E-state index in [1.807, 2.05) is 12.4 Å². The highest BCUT2D eigenvalue weighted by Gasteiger charge is 2.39. The third kappa shape index (κ3) is 2.32. The van der Waals surface area contributed by atoms with Gasteiger partial charge in [0.15, 0.2) is 0 Å². The van der Waals surface area contributed by atoms with Crippen LogP contribution < -0.4 is 5.32 Å². The summed E-state index contributed by atoms with van der Waals surface area (Å²) >= 11 is 0. The molecule has 1 fully saturated rings. The molecule has 1 aromatic carbocycles. The lowest BCUT2D eigenvalue weighted by atomic mass is 9.85. The molecule has 2 unspecified atom stereocenters. The van der Waals surface area contributed by atoms with Gasteiger partial charge in [-0.25, -0.2) is 0 Å². The van der Waals surface area contributed by atoms with Crippen LogP contribution in [0.3, 0.4) is 0 Å².